The lowest BCUT2D eigenvalue weighted by molar-refractivity contribution is -0.141. The molecule has 2 N–H and O–H groups in total. The Morgan fingerprint density at radius 1 is 0.979 bits per heavy atom. The minimum Gasteiger partial charge on any atom is -0.483 e. The summed E-state index contributed by atoms with van der Waals surface area (Å²) >= 11 is 0. The van der Waals surface area contributed by atoms with Gasteiger partial charge in [0.2, 0.25) is 15.9 Å². The van der Waals surface area contributed by atoms with Crippen LogP contribution in [0.2, 0.25) is 0 Å². The second-order valence-corrected chi connectivity index (χ2v) is 13.9. The molecule has 3 aromatic carbocycles. The molecule has 0 spiro atoms. The predicted molar refractivity (Wildman–Crippen MR) is 172 cm³/mol. The summed E-state index contributed by atoms with van der Waals surface area (Å²) in [6.45, 7) is 4.16. The van der Waals surface area contributed by atoms with Crippen LogP contribution in [0, 0.1) is 0 Å². The molecule has 6 rings (SSSR count). The number of amides is 1. The summed E-state index contributed by atoms with van der Waals surface area (Å²) in [5.41, 5.74) is 0.651. The molecule has 2 fully saturated rings. The Kier molecular flexibility index (Phi) is 9.30. The number of carbonyl (C=O) groups excluding carboxylic acids is 1. The zero-order valence-corrected chi connectivity index (χ0v) is 26.9. The summed E-state index contributed by atoms with van der Waals surface area (Å²) in [5, 5.41) is 9.83. The van der Waals surface area contributed by atoms with E-state index in [4.69, 9.17) is 9.47 Å². The molecule has 48 heavy (non-hydrogen) atoms. The summed E-state index contributed by atoms with van der Waals surface area (Å²) in [6, 6.07) is 22.8. The van der Waals surface area contributed by atoms with E-state index in [-0.39, 0.29) is 29.1 Å². The van der Waals surface area contributed by atoms with Gasteiger partial charge in [0.25, 0.3) is 5.91 Å². The zero-order valence-electron chi connectivity index (χ0n) is 26.0. The van der Waals surface area contributed by atoms with Gasteiger partial charge < -0.3 is 19.7 Å². The van der Waals surface area contributed by atoms with E-state index in [1.165, 1.54) is 0 Å². The zero-order chi connectivity index (χ0) is 33.9. The lowest BCUT2D eigenvalue weighted by Gasteiger charge is -2.40. The summed E-state index contributed by atoms with van der Waals surface area (Å²) in [5.74, 6) is 0.454. The van der Waals surface area contributed by atoms with Crippen molar-refractivity contribution in [2.75, 3.05) is 30.9 Å². The van der Waals surface area contributed by atoms with Gasteiger partial charge >= 0.3 is 6.18 Å². The van der Waals surface area contributed by atoms with Gasteiger partial charge in [0.05, 0.1) is 11.4 Å². The number of anilines is 1. The lowest BCUT2D eigenvalue weighted by atomic mass is 9.89. The van der Waals surface area contributed by atoms with Crippen molar-refractivity contribution in [3.05, 3.63) is 107 Å². The van der Waals surface area contributed by atoms with Gasteiger partial charge in [-0.1, -0.05) is 42.5 Å². The molecule has 0 radical (unpaired) electrons. The quantitative estimate of drug-likeness (QED) is 0.209. The lowest BCUT2D eigenvalue weighted by Crippen LogP contribution is -2.61. The summed E-state index contributed by atoms with van der Waals surface area (Å²) < 4.78 is 78.9. The summed E-state index contributed by atoms with van der Waals surface area (Å²) in [7, 11) is -3.81. The van der Waals surface area contributed by atoms with E-state index in [2.05, 4.69) is 20.2 Å². The first-order chi connectivity index (χ1) is 22.9. The number of alkyl halides is 3. The SMILES string of the molecule is CC1(Oc2ccc(C(=O)N3CCC(c4ccc(Oc5ccc(C(F)(F)F)nn5)cc4)CC3)cc2NS(=O)(=O)Cc2ccccc2)CNC1. The largest absolute Gasteiger partial charge is 0.483 e. The van der Waals surface area contributed by atoms with E-state index in [1.54, 1.807) is 59.5 Å². The van der Waals surface area contributed by atoms with Crippen molar-refractivity contribution in [2.24, 2.45) is 0 Å². The van der Waals surface area contributed by atoms with Crippen LogP contribution >= 0.6 is 0 Å². The van der Waals surface area contributed by atoms with Crippen LogP contribution in [0.4, 0.5) is 18.9 Å². The van der Waals surface area contributed by atoms with E-state index in [0.29, 0.717) is 61.6 Å². The minimum absolute atomic E-state index is 0.0523. The number of hydrogen-bond donors (Lipinski definition) is 2. The monoisotopic (exact) mass is 681 g/mol. The highest BCUT2D eigenvalue weighted by molar-refractivity contribution is 7.91. The molecular formula is C34H34F3N5O5S. The molecule has 1 amide bonds. The van der Waals surface area contributed by atoms with Crippen LogP contribution in [0.25, 0.3) is 0 Å². The highest BCUT2D eigenvalue weighted by Crippen LogP contribution is 2.35. The fourth-order valence-corrected chi connectivity index (χ4v) is 6.89. The third-order valence-corrected chi connectivity index (χ3v) is 9.58. The Morgan fingerprint density at radius 3 is 2.29 bits per heavy atom. The average Bonchev–Trinajstić information content (AvgIpc) is 3.05. The molecule has 1 aromatic heterocycles. The van der Waals surface area contributed by atoms with Gasteiger partial charge in [0.15, 0.2) is 5.69 Å². The number of sulfonamides is 1. The molecule has 0 atom stereocenters. The smallest absolute Gasteiger partial charge is 0.435 e. The fraction of sp³-hybridized carbons (Fsp3) is 0.324. The third kappa shape index (κ3) is 8.05. The van der Waals surface area contributed by atoms with Crippen LogP contribution in [-0.4, -0.2) is 61.2 Å². The van der Waals surface area contributed by atoms with Gasteiger partial charge in [-0.2, -0.15) is 13.2 Å². The molecule has 0 unspecified atom stereocenters. The molecular weight excluding hydrogens is 647 g/mol. The maximum Gasteiger partial charge on any atom is 0.435 e. The second-order valence-electron chi connectivity index (χ2n) is 12.2. The van der Waals surface area contributed by atoms with Crippen molar-refractivity contribution < 1.29 is 35.9 Å². The van der Waals surface area contributed by atoms with Gasteiger partial charge in [-0.05, 0) is 73.2 Å². The van der Waals surface area contributed by atoms with E-state index in [1.807, 2.05) is 25.1 Å². The van der Waals surface area contributed by atoms with Crippen LogP contribution in [-0.2, 0) is 22.0 Å². The Balaban J connectivity index is 1.09. The van der Waals surface area contributed by atoms with Crippen molar-refractivity contribution >= 4 is 21.6 Å². The molecule has 4 aromatic rings. The summed E-state index contributed by atoms with van der Waals surface area (Å²) in [6.07, 6.45) is -3.16. The Hall–Kier alpha value is -4.69. The van der Waals surface area contributed by atoms with E-state index >= 15 is 0 Å². The van der Waals surface area contributed by atoms with Gasteiger partial charge in [0, 0.05) is 37.8 Å². The van der Waals surface area contributed by atoms with Crippen molar-refractivity contribution in [2.45, 2.75) is 43.2 Å². The number of piperidine rings is 1. The van der Waals surface area contributed by atoms with Crippen molar-refractivity contribution in [1.29, 1.82) is 0 Å². The number of rotatable bonds is 10. The van der Waals surface area contributed by atoms with Crippen LogP contribution in [0.1, 0.15) is 52.9 Å². The van der Waals surface area contributed by atoms with E-state index in [9.17, 15) is 26.4 Å². The van der Waals surface area contributed by atoms with Crippen molar-refractivity contribution in [1.82, 2.24) is 20.4 Å². The maximum absolute atomic E-state index is 13.6. The Bertz CT molecular complexity index is 1850. The highest BCUT2D eigenvalue weighted by atomic mass is 32.2. The fourth-order valence-electron chi connectivity index (χ4n) is 5.70. The normalized spacial score (nSPS) is 16.5. The molecule has 2 aliphatic heterocycles. The van der Waals surface area contributed by atoms with E-state index < -0.39 is 27.5 Å². The first-order valence-electron chi connectivity index (χ1n) is 15.4. The third-order valence-electron chi connectivity index (χ3n) is 8.33. The molecule has 14 heteroatoms. The molecule has 10 nitrogen and oxygen atoms in total. The predicted octanol–water partition coefficient (Wildman–Crippen LogP) is 5.99. The van der Waals surface area contributed by atoms with Crippen LogP contribution in [0.15, 0.2) is 84.9 Å². The first kappa shape index (κ1) is 33.2. The topological polar surface area (TPSA) is 123 Å². The molecule has 0 bridgehead atoms. The molecule has 252 valence electrons. The van der Waals surface area contributed by atoms with Crippen molar-refractivity contribution in [3.63, 3.8) is 0 Å². The molecule has 3 heterocycles. The number of carbonyl (C=O) groups is 1. The molecule has 0 saturated carbocycles. The van der Waals surface area contributed by atoms with Gasteiger partial charge in [-0.25, -0.2) is 8.42 Å². The number of benzene rings is 3. The minimum atomic E-state index is -4.58. The Morgan fingerprint density at radius 2 is 1.69 bits per heavy atom. The molecule has 2 aliphatic rings. The van der Waals surface area contributed by atoms with E-state index in [0.717, 1.165) is 17.7 Å². The molecule has 0 aliphatic carbocycles. The number of nitrogens with one attached hydrogen (secondary N) is 2. The standard InChI is InChI=1S/C34H34F3N5O5S/c1-33(21-38-22-33)47-29-12-9-26(19-28(29)41-48(44,45)20-23-5-3-2-4-6-23)32(43)42-17-15-25(16-18-42)24-7-10-27(11-8-24)46-31-14-13-30(39-40-31)34(35,36)37/h2-14,19,25,38,41H,15-18,20-22H2,1H3. The summed E-state index contributed by atoms with van der Waals surface area (Å²) in [4.78, 5) is 15.4. The molecule has 2 saturated heterocycles. The highest BCUT2D eigenvalue weighted by Gasteiger charge is 2.35. The maximum atomic E-state index is 13.6. The Labute approximate surface area is 276 Å². The van der Waals surface area contributed by atoms with Crippen LogP contribution in [0.3, 0.4) is 0 Å². The number of hydrogen-bond acceptors (Lipinski definition) is 8. The average molecular weight is 682 g/mol. The number of aromatic nitrogens is 2. The van der Waals surface area contributed by atoms with Gasteiger partial charge in [0.1, 0.15) is 17.1 Å². The van der Waals surface area contributed by atoms with Crippen LogP contribution in [0.5, 0.6) is 17.4 Å². The first-order valence-corrected chi connectivity index (χ1v) is 17.1. The van der Waals surface area contributed by atoms with Crippen LogP contribution < -0.4 is 19.5 Å². The second kappa shape index (κ2) is 13.4. The van der Waals surface area contributed by atoms with Gasteiger partial charge in [-0.15, -0.1) is 10.2 Å². The number of halogens is 3. The van der Waals surface area contributed by atoms with Crippen molar-refractivity contribution in [3.8, 4) is 17.4 Å². The number of ether oxygens (including phenoxy) is 2. The van der Waals surface area contributed by atoms with Gasteiger partial charge in [-0.3, -0.25) is 9.52 Å². The number of nitrogens with zero attached hydrogens (tertiary/aromatic N) is 3. The number of likely N-dealkylation sites (tertiary alicyclic amines) is 1.